The highest BCUT2D eigenvalue weighted by Crippen LogP contribution is 2.40. The van der Waals surface area contributed by atoms with Crippen LogP contribution in [0.1, 0.15) is 36.5 Å². The zero-order valence-electron chi connectivity index (χ0n) is 18.3. The van der Waals surface area contributed by atoms with Crippen LogP contribution in [0.5, 0.6) is 11.5 Å². The van der Waals surface area contributed by atoms with Gasteiger partial charge in [-0.15, -0.1) is 24.0 Å². The summed E-state index contributed by atoms with van der Waals surface area (Å²) in [6.07, 6.45) is 1.91. The maximum absolute atomic E-state index is 5.68. The van der Waals surface area contributed by atoms with E-state index in [0.717, 1.165) is 56.6 Å². The number of hydrogen-bond donors (Lipinski definition) is 2. The van der Waals surface area contributed by atoms with Gasteiger partial charge in [0.1, 0.15) is 0 Å². The van der Waals surface area contributed by atoms with Crippen LogP contribution in [-0.2, 0) is 16.7 Å². The minimum atomic E-state index is -0.0290. The lowest BCUT2D eigenvalue weighted by Gasteiger charge is -2.38. The van der Waals surface area contributed by atoms with Crippen molar-refractivity contribution in [2.45, 2.75) is 38.6 Å². The van der Waals surface area contributed by atoms with Crippen molar-refractivity contribution in [2.24, 2.45) is 4.99 Å². The summed E-state index contributed by atoms with van der Waals surface area (Å²) >= 11 is 0. The molecular weight excluding hydrogens is 505 g/mol. The van der Waals surface area contributed by atoms with E-state index in [0.29, 0.717) is 13.3 Å². The Bertz CT molecular complexity index is 897. The van der Waals surface area contributed by atoms with Gasteiger partial charge < -0.3 is 24.8 Å². The van der Waals surface area contributed by atoms with Gasteiger partial charge in [-0.1, -0.05) is 35.9 Å². The third-order valence-corrected chi connectivity index (χ3v) is 5.88. The van der Waals surface area contributed by atoms with Crippen LogP contribution in [0.25, 0.3) is 0 Å². The molecule has 7 heteroatoms. The van der Waals surface area contributed by atoms with E-state index in [-0.39, 0.29) is 29.4 Å². The normalized spacial score (nSPS) is 17.0. The van der Waals surface area contributed by atoms with Crippen molar-refractivity contribution >= 4 is 29.9 Å². The molecule has 2 aliphatic heterocycles. The first kappa shape index (κ1) is 23.7. The van der Waals surface area contributed by atoms with Crippen molar-refractivity contribution in [1.29, 1.82) is 0 Å². The van der Waals surface area contributed by atoms with Crippen molar-refractivity contribution in [1.82, 2.24) is 10.6 Å². The van der Waals surface area contributed by atoms with Crippen LogP contribution in [0.3, 0.4) is 0 Å². The summed E-state index contributed by atoms with van der Waals surface area (Å²) in [7, 11) is 0. The Morgan fingerprint density at radius 2 is 1.84 bits per heavy atom. The molecule has 0 radical (unpaired) electrons. The van der Waals surface area contributed by atoms with E-state index in [1.165, 1.54) is 16.7 Å². The number of ether oxygens (including phenoxy) is 3. The van der Waals surface area contributed by atoms with Gasteiger partial charge in [-0.2, -0.15) is 0 Å². The number of halogens is 1. The number of fused-ring (bicyclic) bond motifs is 1. The smallest absolute Gasteiger partial charge is 0.231 e. The zero-order chi connectivity index (χ0) is 20.8. The molecule has 0 amide bonds. The summed E-state index contributed by atoms with van der Waals surface area (Å²) in [5.74, 6) is 2.49. The Morgan fingerprint density at radius 1 is 1.03 bits per heavy atom. The molecule has 0 aliphatic carbocycles. The van der Waals surface area contributed by atoms with Crippen LogP contribution in [-0.4, -0.2) is 39.1 Å². The molecule has 31 heavy (non-hydrogen) atoms. The molecular formula is C24H32IN3O3. The quantitative estimate of drug-likeness (QED) is 0.330. The highest BCUT2D eigenvalue weighted by molar-refractivity contribution is 14.0. The van der Waals surface area contributed by atoms with Gasteiger partial charge >= 0.3 is 0 Å². The molecule has 0 bridgehead atoms. The molecule has 2 aliphatic rings. The fourth-order valence-corrected chi connectivity index (χ4v) is 4.13. The summed E-state index contributed by atoms with van der Waals surface area (Å²) in [4.78, 5) is 4.81. The van der Waals surface area contributed by atoms with Crippen molar-refractivity contribution in [3.05, 3.63) is 59.2 Å². The molecule has 1 fully saturated rings. The second kappa shape index (κ2) is 11.0. The number of hydrogen-bond acceptors (Lipinski definition) is 4. The number of rotatable bonds is 6. The van der Waals surface area contributed by atoms with Gasteiger partial charge in [0, 0.05) is 31.7 Å². The fraction of sp³-hybridized carbons (Fsp3) is 0.458. The highest BCUT2D eigenvalue weighted by atomic mass is 127. The fourth-order valence-electron chi connectivity index (χ4n) is 4.13. The van der Waals surface area contributed by atoms with Crippen LogP contribution in [0, 0.1) is 6.92 Å². The molecule has 4 rings (SSSR count). The van der Waals surface area contributed by atoms with E-state index >= 15 is 0 Å². The van der Waals surface area contributed by atoms with Crippen molar-refractivity contribution in [3.8, 4) is 11.5 Å². The summed E-state index contributed by atoms with van der Waals surface area (Å²) in [5.41, 5.74) is 3.70. The summed E-state index contributed by atoms with van der Waals surface area (Å²) in [5, 5.41) is 6.97. The molecule has 6 nitrogen and oxygen atoms in total. The SMILES string of the molecule is CCNC(=NCc1cccc(C)c1)NCC1(c2ccc3c(c2)OCO3)CCOCC1.I. The van der Waals surface area contributed by atoms with Gasteiger partial charge in [-0.25, -0.2) is 4.99 Å². The molecule has 168 valence electrons. The average molecular weight is 537 g/mol. The first-order chi connectivity index (χ1) is 14.7. The minimum absolute atomic E-state index is 0. The third kappa shape index (κ3) is 5.83. The molecule has 1 saturated heterocycles. The molecule has 0 saturated carbocycles. The molecule has 2 N–H and O–H groups in total. The van der Waals surface area contributed by atoms with Gasteiger partial charge in [-0.05, 0) is 49.9 Å². The van der Waals surface area contributed by atoms with E-state index in [1.54, 1.807) is 0 Å². The van der Waals surface area contributed by atoms with Crippen LogP contribution in [0.2, 0.25) is 0 Å². The monoisotopic (exact) mass is 537 g/mol. The molecule has 0 unspecified atom stereocenters. The van der Waals surface area contributed by atoms with Crippen LogP contribution in [0.4, 0.5) is 0 Å². The number of guanidine groups is 1. The zero-order valence-corrected chi connectivity index (χ0v) is 20.6. The number of aryl methyl sites for hydroxylation is 1. The maximum atomic E-state index is 5.68. The standard InChI is InChI=1S/C24H31N3O3.HI/c1-3-25-23(26-15-19-6-4-5-18(2)13-19)27-16-24(9-11-28-12-10-24)20-7-8-21-22(14-20)30-17-29-21;/h4-8,13-14H,3,9-12,15-17H2,1-2H3,(H2,25,26,27);1H. The topological polar surface area (TPSA) is 64.1 Å². The Kier molecular flexibility index (Phi) is 8.43. The molecule has 0 spiro atoms. The van der Waals surface area contributed by atoms with E-state index < -0.39 is 0 Å². The highest BCUT2D eigenvalue weighted by Gasteiger charge is 2.35. The number of nitrogens with one attached hydrogen (secondary N) is 2. The largest absolute Gasteiger partial charge is 0.454 e. The third-order valence-electron chi connectivity index (χ3n) is 5.88. The Morgan fingerprint density at radius 3 is 2.61 bits per heavy atom. The van der Waals surface area contributed by atoms with Crippen molar-refractivity contribution in [3.63, 3.8) is 0 Å². The van der Waals surface area contributed by atoms with E-state index in [2.05, 4.69) is 60.9 Å². The Hall–Kier alpha value is -2.00. The van der Waals surface area contributed by atoms with E-state index in [4.69, 9.17) is 19.2 Å². The minimum Gasteiger partial charge on any atom is -0.454 e. The average Bonchev–Trinajstić information content (AvgIpc) is 3.24. The van der Waals surface area contributed by atoms with E-state index in [9.17, 15) is 0 Å². The maximum Gasteiger partial charge on any atom is 0.231 e. The molecule has 2 aromatic carbocycles. The van der Waals surface area contributed by atoms with E-state index in [1.807, 2.05) is 6.07 Å². The second-order valence-electron chi connectivity index (χ2n) is 8.00. The number of nitrogens with zero attached hydrogens (tertiary/aromatic N) is 1. The van der Waals surface area contributed by atoms with Gasteiger partial charge in [-0.3, -0.25) is 0 Å². The van der Waals surface area contributed by atoms with Gasteiger partial charge in [0.2, 0.25) is 6.79 Å². The lowest BCUT2D eigenvalue weighted by Crippen LogP contribution is -2.48. The molecule has 2 aromatic rings. The Balaban J connectivity index is 0.00000272. The number of aliphatic imine (C=N–C) groups is 1. The first-order valence-corrected chi connectivity index (χ1v) is 10.7. The van der Waals surface area contributed by atoms with Crippen molar-refractivity contribution in [2.75, 3.05) is 33.1 Å². The lowest BCUT2D eigenvalue weighted by molar-refractivity contribution is 0.0513. The summed E-state index contributed by atoms with van der Waals surface area (Å²) < 4.78 is 16.8. The Labute approximate surface area is 201 Å². The predicted octanol–water partition coefficient (Wildman–Crippen LogP) is 4.15. The van der Waals surface area contributed by atoms with Crippen molar-refractivity contribution < 1.29 is 14.2 Å². The van der Waals surface area contributed by atoms with Gasteiger partial charge in [0.25, 0.3) is 0 Å². The van der Waals surface area contributed by atoms with Crippen LogP contribution in [0.15, 0.2) is 47.5 Å². The first-order valence-electron chi connectivity index (χ1n) is 10.7. The molecule has 2 heterocycles. The lowest BCUT2D eigenvalue weighted by atomic mass is 9.74. The van der Waals surface area contributed by atoms with Crippen LogP contribution < -0.4 is 20.1 Å². The van der Waals surface area contributed by atoms with Gasteiger partial charge in [0.05, 0.1) is 6.54 Å². The van der Waals surface area contributed by atoms with Crippen LogP contribution >= 0.6 is 24.0 Å². The molecule has 0 atom stereocenters. The summed E-state index contributed by atoms with van der Waals surface area (Å²) in [6, 6.07) is 14.8. The number of benzene rings is 2. The predicted molar refractivity (Wildman–Crippen MR) is 134 cm³/mol. The van der Waals surface area contributed by atoms with Gasteiger partial charge in [0.15, 0.2) is 17.5 Å². The molecule has 0 aromatic heterocycles. The summed E-state index contributed by atoms with van der Waals surface area (Å²) in [6.45, 7) is 8.26. The second-order valence-corrected chi connectivity index (χ2v) is 8.00.